The number of halogens is 1. The Morgan fingerprint density at radius 1 is 1.38 bits per heavy atom. The summed E-state index contributed by atoms with van der Waals surface area (Å²) < 4.78 is 0. The number of rotatable bonds is 3. The summed E-state index contributed by atoms with van der Waals surface area (Å²) >= 11 is 7.17. The van der Waals surface area contributed by atoms with Gasteiger partial charge in [0.25, 0.3) is 0 Å². The Morgan fingerprint density at radius 2 is 2.12 bits per heavy atom. The Balaban J connectivity index is 1.97. The average molecular weight is 250 g/mol. The van der Waals surface area contributed by atoms with Crippen molar-refractivity contribution >= 4 is 28.1 Å². The summed E-state index contributed by atoms with van der Waals surface area (Å²) in [5.74, 6) is 0. The molecule has 1 aromatic heterocycles. The molecule has 0 bridgehead atoms. The number of nitrogens with one attached hydrogen (secondary N) is 1. The molecule has 0 unspecified atom stereocenters. The van der Waals surface area contributed by atoms with Crippen LogP contribution in [0.15, 0.2) is 29.6 Å². The molecule has 1 N–H and O–H groups in total. The smallest absolute Gasteiger partial charge is 0.184 e. The highest BCUT2D eigenvalue weighted by molar-refractivity contribution is 7.14. The molecule has 5 heteroatoms. The molecule has 0 saturated carbocycles. The molecule has 1 aromatic carbocycles. The molecule has 0 spiro atoms. The fraction of sp³-hybridized carbons (Fsp3) is 0.0909. The first-order valence-electron chi connectivity index (χ1n) is 4.62. The average Bonchev–Trinajstić information content (AvgIpc) is 2.73. The SMILES string of the molecule is N#Cc1ccc(CNc2nc(Cl)cs2)cc1. The van der Waals surface area contributed by atoms with Gasteiger partial charge in [-0.2, -0.15) is 5.26 Å². The van der Waals surface area contributed by atoms with Gasteiger partial charge < -0.3 is 5.32 Å². The van der Waals surface area contributed by atoms with E-state index in [0.29, 0.717) is 17.3 Å². The molecular weight excluding hydrogens is 242 g/mol. The first-order chi connectivity index (χ1) is 7.78. The minimum absolute atomic E-state index is 0.507. The van der Waals surface area contributed by atoms with Gasteiger partial charge in [0.15, 0.2) is 5.13 Å². The summed E-state index contributed by atoms with van der Waals surface area (Å²) in [5, 5.41) is 14.9. The van der Waals surface area contributed by atoms with Crippen molar-refractivity contribution in [1.82, 2.24) is 4.98 Å². The van der Waals surface area contributed by atoms with E-state index in [1.807, 2.05) is 12.1 Å². The Hall–Kier alpha value is -1.57. The van der Waals surface area contributed by atoms with Crippen LogP contribution < -0.4 is 5.32 Å². The minimum Gasteiger partial charge on any atom is -0.357 e. The number of hydrogen-bond donors (Lipinski definition) is 1. The van der Waals surface area contributed by atoms with E-state index >= 15 is 0 Å². The topological polar surface area (TPSA) is 48.7 Å². The highest BCUT2D eigenvalue weighted by Crippen LogP contribution is 2.19. The van der Waals surface area contributed by atoms with Gasteiger partial charge in [-0.05, 0) is 17.7 Å². The molecule has 0 saturated heterocycles. The molecule has 1 heterocycles. The summed E-state index contributed by atoms with van der Waals surface area (Å²) in [6.45, 7) is 0.676. The van der Waals surface area contributed by atoms with Gasteiger partial charge in [0.05, 0.1) is 11.6 Å². The highest BCUT2D eigenvalue weighted by atomic mass is 35.5. The molecule has 0 atom stereocenters. The van der Waals surface area contributed by atoms with E-state index in [0.717, 1.165) is 10.7 Å². The van der Waals surface area contributed by atoms with Crippen molar-refractivity contribution < 1.29 is 0 Å². The number of nitriles is 1. The van der Waals surface area contributed by atoms with Crippen molar-refractivity contribution in [1.29, 1.82) is 5.26 Å². The lowest BCUT2D eigenvalue weighted by Gasteiger charge is -2.02. The maximum atomic E-state index is 8.65. The van der Waals surface area contributed by atoms with Crippen LogP contribution in [0.2, 0.25) is 5.15 Å². The molecule has 3 nitrogen and oxygen atoms in total. The van der Waals surface area contributed by atoms with Gasteiger partial charge in [-0.25, -0.2) is 4.98 Å². The van der Waals surface area contributed by atoms with Crippen molar-refractivity contribution in [2.45, 2.75) is 6.54 Å². The predicted octanol–water partition coefficient (Wildman–Crippen LogP) is 3.28. The molecule has 0 fully saturated rings. The van der Waals surface area contributed by atoms with E-state index in [9.17, 15) is 0 Å². The van der Waals surface area contributed by atoms with Gasteiger partial charge in [-0.1, -0.05) is 23.7 Å². The van der Waals surface area contributed by atoms with Crippen molar-refractivity contribution in [3.8, 4) is 6.07 Å². The van der Waals surface area contributed by atoms with Crippen LogP contribution in [0.25, 0.3) is 0 Å². The Kier molecular flexibility index (Phi) is 3.40. The van der Waals surface area contributed by atoms with Crippen LogP contribution in [-0.4, -0.2) is 4.98 Å². The van der Waals surface area contributed by atoms with Crippen LogP contribution in [0.3, 0.4) is 0 Å². The summed E-state index contributed by atoms with van der Waals surface area (Å²) in [6.07, 6.45) is 0. The van der Waals surface area contributed by atoms with E-state index in [1.54, 1.807) is 17.5 Å². The van der Waals surface area contributed by atoms with Crippen molar-refractivity contribution in [2.75, 3.05) is 5.32 Å². The summed E-state index contributed by atoms with van der Waals surface area (Å²) in [5.41, 5.74) is 1.77. The zero-order valence-corrected chi connectivity index (χ0v) is 9.85. The van der Waals surface area contributed by atoms with Gasteiger partial charge in [0.2, 0.25) is 0 Å². The lowest BCUT2D eigenvalue weighted by Crippen LogP contribution is -1.98. The number of anilines is 1. The van der Waals surface area contributed by atoms with Crippen molar-refractivity contribution in [2.24, 2.45) is 0 Å². The molecule has 0 aliphatic carbocycles. The van der Waals surface area contributed by atoms with Gasteiger partial charge in [0.1, 0.15) is 5.15 Å². The molecule has 0 aliphatic heterocycles. The second-order valence-electron chi connectivity index (χ2n) is 3.14. The fourth-order valence-electron chi connectivity index (χ4n) is 1.21. The normalized spacial score (nSPS) is 9.75. The maximum Gasteiger partial charge on any atom is 0.184 e. The number of thiazole rings is 1. The molecule has 80 valence electrons. The number of benzene rings is 1. The number of hydrogen-bond acceptors (Lipinski definition) is 4. The van der Waals surface area contributed by atoms with Crippen LogP contribution in [0.4, 0.5) is 5.13 Å². The third kappa shape index (κ3) is 2.72. The standard InChI is InChI=1S/C11H8ClN3S/c12-10-7-16-11(15-10)14-6-9-3-1-8(5-13)2-4-9/h1-4,7H,6H2,(H,14,15). The van der Waals surface area contributed by atoms with E-state index in [4.69, 9.17) is 16.9 Å². The largest absolute Gasteiger partial charge is 0.357 e. The third-order valence-corrected chi connectivity index (χ3v) is 3.13. The van der Waals surface area contributed by atoms with Crippen LogP contribution in [0.5, 0.6) is 0 Å². The monoisotopic (exact) mass is 249 g/mol. The second kappa shape index (κ2) is 4.97. The molecule has 2 aromatic rings. The number of aromatic nitrogens is 1. The number of nitrogens with zero attached hydrogens (tertiary/aromatic N) is 2. The molecule has 0 amide bonds. The molecule has 0 radical (unpaired) electrons. The molecule has 2 rings (SSSR count). The van der Waals surface area contributed by atoms with Crippen LogP contribution in [-0.2, 0) is 6.54 Å². The van der Waals surface area contributed by atoms with Crippen LogP contribution >= 0.6 is 22.9 Å². The quantitative estimate of drug-likeness (QED) is 0.908. The third-order valence-electron chi connectivity index (χ3n) is 2.00. The molecular formula is C11H8ClN3S. The Morgan fingerprint density at radius 3 is 2.69 bits per heavy atom. The van der Waals surface area contributed by atoms with Crippen molar-refractivity contribution in [3.05, 3.63) is 45.9 Å². The van der Waals surface area contributed by atoms with Gasteiger partial charge in [-0.3, -0.25) is 0 Å². The van der Waals surface area contributed by atoms with E-state index < -0.39 is 0 Å². The van der Waals surface area contributed by atoms with Gasteiger partial charge in [0, 0.05) is 11.9 Å². The zero-order chi connectivity index (χ0) is 11.4. The maximum absolute atomic E-state index is 8.65. The molecule has 16 heavy (non-hydrogen) atoms. The Labute approximate surface area is 102 Å². The summed E-state index contributed by atoms with van der Waals surface area (Å²) in [6, 6.07) is 9.51. The first kappa shape index (κ1) is 10.9. The fourth-order valence-corrected chi connectivity index (χ4v) is 2.05. The van der Waals surface area contributed by atoms with E-state index in [2.05, 4.69) is 16.4 Å². The van der Waals surface area contributed by atoms with Crippen molar-refractivity contribution in [3.63, 3.8) is 0 Å². The van der Waals surface area contributed by atoms with Crippen LogP contribution in [0, 0.1) is 11.3 Å². The lowest BCUT2D eigenvalue weighted by atomic mass is 10.1. The highest BCUT2D eigenvalue weighted by Gasteiger charge is 1.99. The first-order valence-corrected chi connectivity index (χ1v) is 5.87. The zero-order valence-electron chi connectivity index (χ0n) is 8.27. The minimum atomic E-state index is 0.507. The lowest BCUT2D eigenvalue weighted by molar-refractivity contribution is 1.13. The van der Waals surface area contributed by atoms with E-state index in [-0.39, 0.29) is 0 Å². The molecule has 0 aliphatic rings. The second-order valence-corrected chi connectivity index (χ2v) is 4.38. The van der Waals surface area contributed by atoms with Gasteiger partial charge >= 0.3 is 0 Å². The summed E-state index contributed by atoms with van der Waals surface area (Å²) in [7, 11) is 0. The van der Waals surface area contributed by atoms with Crippen LogP contribution in [0.1, 0.15) is 11.1 Å². The van der Waals surface area contributed by atoms with Gasteiger partial charge in [-0.15, -0.1) is 11.3 Å². The Bertz CT molecular complexity index is 513. The summed E-state index contributed by atoms with van der Waals surface area (Å²) in [4.78, 5) is 4.08. The predicted molar refractivity (Wildman–Crippen MR) is 65.6 cm³/mol. The van der Waals surface area contributed by atoms with E-state index in [1.165, 1.54) is 11.3 Å².